The van der Waals surface area contributed by atoms with Gasteiger partial charge in [0, 0.05) is 41.6 Å². The van der Waals surface area contributed by atoms with Gasteiger partial charge >= 0.3 is 0 Å². The normalized spacial score (nSPS) is 15.5. The zero-order chi connectivity index (χ0) is 22.6. The summed E-state index contributed by atoms with van der Waals surface area (Å²) in [5, 5.41) is 11.2. The molecule has 0 radical (unpaired) electrons. The van der Waals surface area contributed by atoms with Crippen molar-refractivity contribution in [3.8, 4) is 11.4 Å². The Labute approximate surface area is 190 Å². The van der Waals surface area contributed by atoms with Gasteiger partial charge in [0.2, 0.25) is 5.91 Å². The molecule has 33 heavy (non-hydrogen) atoms. The first kappa shape index (κ1) is 20.8. The molecule has 9 nitrogen and oxygen atoms in total. The van der Waals surface area contributed by atoms with E-state index in [1.165, 1.54) is 0 Å². The number of carbonyl (C=O) groups is 1. The van der Waals surface area contributed by atoms with Crippen LogP contribution in [-0.2, 0) is 11.2 Å². The van der Waals surface area contributed by atoms with E-state index in [1.54, 1.807) is 18.6 Å². The highest BCUT2D eigenvalue weighted by Gasteiger charge is 2.17. The zero-order valence-electron chi connectivity index (χ0n) is 18.0. The number of pyridine rings is 2. The highest BCUT2D eigenvalue weighted by atomic mass is 16.1. The summed E-state index contributed by atoms with van der Waals surface area (Å²) in [5.74, 6) is 1.72. The van der Waals surface area contributed by atoms with Gasteiger partial charge in [0.05, 0.1) is 18.1 Å². The second kappa shape index (κ2) is 9.17. The summed E-state index contributed by atoms with van der Waals surface area (Å²) in [7, 11) is 0. The summed E-state index contributed by atoms with van der Waals surface area (Å²) < 4.78 is 0. The van der Waals surface area contributed by atoms with E-state index in [1.807, 2.05) is 42.5 Å². The van der Waals surface area contributed by atoms with Crippen LogP contribution in [0.15, 0.2) is 61.1 Å². The number of benzene rings is 1. The molecule has 5 rings (SSSR count). The predicted molar refractivity (Wildman–Crippen MR) is 128 cm³/mol. The smallest absolute Gasteiger partial charge is 0.221 e. The van der Waals surface area contributed by atoms with Gasteiger partial charge in [-0.1, -0.05) is 12.1 Å². The van der Waals surface area contributed by atoms with E-state index in [0.717, 1.165) is 53.0 Å². The van der Waals surface area contributed by atoms with E-state index in [9.17, 15) is 4.79 Å². The lowest BCUT2D eigenvalue weighted by Gasteiger charge is -2.15. The molecule has 0 bridgehead atoms. The molecule has 0 saturated carbocycles. The number of nitrogens with one attached hydrogen (secondary N) is 3. The van der Waals surface area contributed by atoms with E-state index >= 15 is 0 Å². The van der Waals surface area contributed by atoms with Gasteiger partial charge < -0.3 is 21.7 Å². The maximum atomic E-state index is 11.1. The molecule has 5 N–H and O–H groups in total. The summed E-state index contributed by atoms with van der Waals surface area (Å²) in [6.45, 7) is 1.91. The number of amides is 1. The van der Waals surface area contributed by atoms with Gasteiger partial charge in [-0.25, -0.2) is 15.0 Å². The van der Waals surface area contributed by atoms with Crippen molar-refractivity contribution in [3.63, 3.8) is 0 Å². The molecule has 3 aromatic heterocycles. The summed E-state index contributed by atoms with van der Waals surface area (Å²) in [4.78, 5) is 29.3. The maximum absolute atomic E-state index is 11.1. The number of primary amides is 1. The third kappa shape index (κ3) is 4.88. The van der Waals surface area contributed by atoms with Gasteiger partial charge in [0.25, 0.3) is 0 Å². The second-order valence-electron chi connectivity index (χ2n) is 8.02. The molecule has 1 atom stereocenters. The Morgan fingerprint density at radius 3 is 2.79 bits per heavy atom. The van der Waals surface area contributed by atoms with Crippen molar-refractivity contribution in [1.29, 1.82) is 0 Å². The molecule has 1 aliphatic heterocycles. The van der Waals surface area contributed by atoms with Crippen molar-refractivity contribution >= 4 is 34.1 Å². The number of hydrogen-bond acceptors (Lipinski definition) is 8. The van der Waals surface area contributed by atoms with Crippen molar-refractivity contribution in [2.45, 2.75) is 18.9 Å². The van der Waals surface area contributed by atoms with Crippen LogP contribution in [0.4, 0.5) is 17.3 Å². The number of aromatic nitrogens is 4. The molecule has 0 spiro atoms. The number of hydrogen-bond donors (Lipinski definition) is 4. The van der Waals surface area contributed by atoms with Crippen LogP contribution in [0.25, 0.3) is 22.3 Å². The molecule has 4 aromatic rings. The minimum absolute atomic E-state index is 0.218. The molecule has 1 unspecified atom stereocenters. The first-order chi connectivity index (χ1) is 16.1. The number of nitrogens with two attached hydrogens (primary N) is 1. The van der Waals surface area contributed by atoms with Crippen LogP contribution in [0, 0.1) is 0 Å². The van der Waals surface area contributed by atoms with Gasteiger partial charge in [0.1, 0.15) is 11.6 Å². The van der Waals surface area contributed by atoms with Crippen molar-refractivity contribution in [2.24, 2.45) is 5.73 Å². The summed E-state index contributed by atoms with van der Waals surface area (Å²) >= 11 is 0. The molecule has 4 heterocycles. The number of nitrogens with zero attached hydrogens (tertiary/aromatic N) is 4. The topological polar surface area (TPSA) is 131 Å². The van der Waals surface area contributed by atoms with Crippen molar-refractivity contribution in [1.82, 2.24) is 25.3 Å². The quantitative estimate of drug-likeness (QED) is 0.345. The average Bonchev–Trinajstić information content (AvgIpc) is 3.33. The highest BCUT2D eigenvalue weighted by molar-refractivity contribution is 5.90. The lowest BCUT2D eigenvalue weighted by atomic mass is 10.1. The van der Waals surface area contributed by atoms with Crippen molar-refractivity contribution < 1.29 is 4.79 Å². The lowest BCUT2D eigenvalue weighted by molar-refractivity contribution is -0.117. The number of rotatable bonds is 7. The SMILES string of the molecule is NC(=O)Cc1ccc(Nc2cc(-c3nc(NC4CCNC4)c4ccncc4n3)ccn2)cc1. The van der Waals surface area contributed by atoms with E-state index in [0.29, 0.717) is 17.7 Å². The summed E-state index contributed by atoms with van der Waals surface area (Å²) in [6.07, 6.45) is 6.51. The van der Waals surface area contributed by atoms with E-state index in [2.05, 4.69) is 25.9 Å². The van der Waals surface area contributed by atoms with Crippen LogP contribution >= 0.6 is 0 Å². The number of anilines is 3. The van der Waals surface area contributed by atoms with E-state index in [-0.39, 0.29) is 12.3 Å². The second-order valence-corrected chi connectivity index (χ2v) is 8.02. The monoisotopic (exact) mass is 440 g/mol. The zero-order valence-corrected chi connectivity index (χ0v) is 18.0. The maximum Gasteiger partial charge on any atom is 0.221 e. The fourth-order valence-electron chi connectivity index (χ4n) is 3.88. The average molecular weight is 441 g/mol. The van der Waals surface area contributed by atoms with Crippen LogP contribution in [0.3, 0.4) is 0 Å². The van der Waals surface area contributed by atoms with Crippen LogP contribution in [0.5, 0.6) is 0 Å². The molecule has 1 saturated heterocycles. The minimum Gasteiger partial charge on any atom is -0.369 e. The first-order valence-corrected chi connectivity index (χ1v) is 10.8. The molecule has 0 aliphatic carbocycles. The first-order valence-electron chi connectivity index (χ1n) is 10.8. The fourth-order valence-corrected chi connectivity index (χ4v) is 3.88. The van der Waals surface area contributed by atoms with Crippen LogP contribution < -0.4 is 21.7 Å². The number of fused-ring (bicyclic) bond motifs is 1. The molecule has 9 heteroatoms. The van der Waals surface area contributed by atoms with E-state index in [4.69, 9.17) is 15.7 Å². The van der Waals surface area contributed by atoms with Gasteiger partial charge in [-0.05, 0) is 48.9 Å². The number of carbonyl (C=O) groups excluding carboxylic acids is 1. The Bertz CT molecular complexity index is 1290. The Morgan fingerprint density at radius 2 is 2.00 bits per heavy atom. The van der Waals surface area contributed by atoms with Crippen molar-refractivity contribution in [2.75, 3.05) is 23.7 Å². The molecule has 166 valence electrons. The van der Waals surface area contributed by atoms with Crippen molar-refractivity contribution in [3.05, 3.63) is 66.6 Å². The van der Waals surface area contributed by atoms with Gasteiger partial charge in [-0.3, -0.25) is 9.78 Å². The highest BCUT2D eigenvalue weighted by Crippen LogP contribution is 2.27. The third-order valence-electron chi connectivity index (χ3n) is 5.52. The van der Waals surface area contributed by atoms with Crippen LogP contribution in [0.1, 0.15) is 12.0 Å². The molecule has 1 amide bonds. The van der Waals surface area contributed by atoms with E-state index < -0.39 is 0 Å². The Kier molecular flexibility index (Phi) is 5.77. The minimum atomic E-state index is -0.353. The van der Waals surface area contributed by atoms with Gasteiger partial charge in [-0.2, -0.15) is 0 Å². The van der Waals surface area contributed by atoms with Gasteiger partial charge in [-0.15, -0.1) is 0 Å². The largest absolute Gasteiger partial charge is 0.369 e. The lowest BCUT2D eigenvalue weighted by Crippen LogP contribution is -2.23. The Hall–Kier alpha value is -4.11. The molecular weight excluding hydrogens is 416 g/mol. The molecule has 1 aromatic carbocycles. The summed E-state index contributed by atoms with van der Waals surface area (Å²) in [5.41, 5.74) is 8.61. The van der Waals surface area contributed by atoms with Crippen LogP contribution in [-0.4, -0.2) is 45.0 Å². The molecule has 1 fully saturated rings. The standard InChI is InChI=1S/C24H24N8O/c25-21(33)11-15-1-3-17(4-2-15)29-22-12-16(5-10-28-22)23-31-20-14-27-9-7-19(20)24(32-23)30-18-6-8-26-13-18/h1-5,7,9-10,12,14,18,26H,6,8,11,13H2,(H2,25,33)(H,28,29)(H,30,31,32). The van der Waals surface area contributed by atoms with Crippen LogP contribution in [0.2, 0.25) is 0 Å². The Morgan fingerprint density at radius 1 is 1.12 bits per heavy atom. The molecular formula is C24H24N8O. The van der Waals surface area contributed by atoms with Gasteiger partial charge in [0.15, 0.2) is 5.82 Å². The third-order valence-corrected chi connectivity index (χ3v) is 5.52. The fraction of sp³-hybridized carbons (Fsp3) is 0.208. The summed E-state index contributed by atoms with van der Waals surface area (Å²) in [6, 6.07) is 13.6. The molecule has 1 aliphatic rings. The Balaban J connectivity index is 1.43. The predicted octanol–water partition coefficient (Wildman–Crippen LogP) is 2.63.